The molecule has 0 bridgehead atoms. The van der Waals surface area contributed by atoms with Gasteiger partial charge in [-0.2, -0.15) is 0 Å². The Labute approximate surface area is 440 Å². The first-order valence-corrected chi connectivity index (χ1v) is 26.1. The van der Waals surface area contributed by atoms with E-state index in [4.69, 9.17) is 41.8 Å². The number of pyridine rings is 3. The van der Waals surface area contributed by atoms with Gasteiger partial charge in [0, 0.05) is 84.4 Å². The smallest absolute Gasteiger partial charge is 0.343 e. The SMILES string of the molecule is CC[C@@]1(O)C(=O)OCc2c1cc1n(c2=O)Cc2c-1nc1cc(F)c(C)c3c1c2[C@@H](NC(=O)CCOCCC(=O)NCCNc1ncc(-c2cc(C)cc(F)c2)c(N2CCC(N)CC2)c1-c1nc2ccc(Cl)cc2[nH]1)CC3. The van der Waals surface area contributed by atoms with E-state index < -0.39 is 29.0 Å². The number of carbonyl (C=O) groups excluding carboxylic acids is 3. The third-order valence-electron chi connectivity index (χ3n) is 15.3. The molecule has 2 amide bonds. The molecule has 2 atom stereocenters. The summed E-state index contributed by atoms with van der Waals surface area (Å²) in [4.78, 5) is 73.9. The van der Waals surface area contributed by atoms with Crippen LogP contribution in [0.25, 0.3) is 55.8 Å². The summed E-state index contributed by atoms with van der Waals surface area (Å²) in [5.41, 5.74) is 13.3. The molecule has 7 aromatic rings. The monoisotopic (exact) mass is 1050 g/mol. The van der Waals surface area contributed by atoms with Gasteiger partial charge in [-0.1, -0.05) is 24.6 Å². The number of H-pyrrole nitrogens is 1. The number of hydrogen-bond donors (Lipinski definition) is 6. The van der Waals surface area contributed by atoms with Crippen molar-refractivity contribution in [2.45, 2.75) is 96.6 Å². The number of nitrogens with one attached hydrogen (secondary N) is 4. The minimum atomic E-state index is -2.01. The number of aromatic nitrogens is 5. The van der Waals surface area contributed by atoms with Gasteiger partial charge < -0.3 is 50.7 Å². The molecule has 4 aliphatic rings. The van der Waals surface area contributed by atoms with Gasteiger partial charge in [-0.3, -0.25) is 14.4 Å². The zero-order valence-electron chi connectivity index (χ0n) is 42.3. The minimum absolute atomic E-state index is 0.00121. The van der Waals surface area contributed by atoms with Crippen molar-refractivity contribution in [3.63, 3.8) is 0 Å². The maximum absolute atomic E-state index is 15.4. The number of ether oxygens (including phenoxy) is 2. The van der Waals surface area contributed by atoms with Gasteiger partial charge >= 0.3 is 5.97 Å². The highest BCUT2D eigenvalue weighted by Gasteiger charge is 2.46. The van der Waals surface area contributed by atoms with Gasteiger partial charge in [0.1, 0.15) is 29.9 Å². The van der Waals surface area contributed by atoms with Crippen LogP contribution >= 0.6 is 11.6 Å². The van der Waals surface area contributed by atoms with Crippen LogP contribution in [-0.4, -0.2) is 92.8 Å². The van der Waals surface area contributed by atoms with E-state index in [2.05, 4.69) is 25.8 Å². The van der Waals surface area contributed by atoms with Crippen LogP contribution in [0.3, 0.4) is 0 Å². The molecule has 0 saturated carbocycles. The van der Waals surface area contributed by atoms with Crippen molar-refractivity contribution >= 4 is 62.8 Å². The molecule has 20 heteroatoms. The third-order valence-corrected chi connectivity index (χ3v) is 15.6. The van der Waals surface area contributed by atoms with Gasteiger partial charge in [0.2, 0.25) is 11.8 Å². The number of nitrogens with zero attached hydrogens (tertiary/aromatic N) is 5. The number of rotatable bonds is 15. The minimum Gasteiger partial charge on any atom is -0.458 e. The molecule has 7 N–H and O–H groups in total. The summed E-state index contributed by atoms with van der Waals surface area (Å²) in [6.07, 6.45) is 4.25. The van der Waals surface area contributed by atoms with E-state index in [9.17, 15) is 28.7 Å². The fraction of sp³-hybridized carbons (Fsp3) is 0.375. The average molecular weight is 1060 g/mol. The topological polar surface area (TPSA) is 232 Å². The maximum Gasteiger partial charge on any atom is 0.343 e. The van der Waals surface area contributed by atoms with E-state index in [-0.39, 0.29) is 87.0 Å². The van der Waals surface area contributed by atoms with Crippen LogP contribution in [-0.2, 0) is 49.0 Å². The number of nitrogens with two attached hydrogens (primary N) is 1. The molecule has 3 aromatic carbocycles. The Morgan fingerprint density at radius 3 is 2.54 bits per heavy atom. The van der Waals surface area contributed by atoms with Gasteiger partial charge in [-0.25, -0.2) is 28.5 Å². The van der Waals surface area contributed by atoms with E-state index in [1.807, 2.05) is 25.1 Å². The fourth-order valence-electron chi connectivity index (χ4n) is 11.4. The summed E-state index contributed by atoms with van der Waals surface area (Å²) in [5, 5.41) is 22.2. The summed E-state index contributed by atoms with van der Waals surface area (Å²) < 4.78 is 42.9. The lowest BCUT2D eigenvalue weighted by atomic mass is 9.81. The highest BCUT2D eigenvalue weighted by molar-refractivity contribution is 6.31. The molecule has 76 heavy (non-hydrogen) atoms. The molecule has 3 aliphatic heterocycles. The van der Waals surface area contributed by atoms with Gasteiger partial charge in [0.15, 0.2) is 5.60 Å². The molecule has 1 fully saturated rings. The van der Waals surface area contributed by atoms with Crippen LogP contribution in [0.2, 0.25) is 5.02 Å². The number of amides is 2. The number of halogens is 3. The quantitative estimate of drug-likeness (QED) is 0.0438. The molecule has 1 aliphatic carbocycles. The van der Waals surface area contributed by atoms with Gasteiger partial charge in [0.05, 0.1) is 70.6 Å². The van der Waals surface area contributed by atoms with Crippen molar-refractivity contribution < 1.29 is 37.7 Å². The summed E-state index contributed by atoms with van der Waals surface area (Å²) >= 11 is 6.38. The maximum atomic E-state index is 15.4. The van der Waals surface area contributed by atoms with Crippen LogP contribution in [0.15, 0.2) is 59.5 Å². The summed E-state index contributed by atoms with van der Waals surface area (Å²) in [7, 11) is 0. The Hall–Kier alpha value is -7.32. The number of imidazole rings is 1. The van der Waals surface area contributed by atoms with Gasteiger partial charge in [-0.05, 0) is 110 Å². The van der Waals surface area contributed by atoms with Gasteiger partial charge in [-0.15, -0.1) is 0 Å². The molecule has 0 radical (unpaired) electrons. The van der Waals surface area contributed by atoms with Crippen molar-refractivity contribution in [2.24, 2.45) is 5.73 Å². The number of carbonyl (C=O) groups is 3. The fourth-order valence-corrected chi connectivity index (χ4v) is 11.6. The Morgan fingerprint density at radius 1 is 0.974 bits per heavy atom. The molecule has 0 unspecified atom stereocenters. The largest absolute Gasteiger partial charge is 0.458 e. The molecule has 7 heterocycles. The van der Waals surface area contributed by atoms with Crippen molar-refractivity contribution in [1.82, 2.24) is 35.1 Å². The summed E-state index contributed by atoms with van der Waals surface area (Å²) in [6, 6.07) is 12.9. The van der Waals surface area contributed by atoms with Crippen LogP contribution < -0.4 is 32.1 Å². The number of piperidine rings is 1. The van der Waals surface area contributed by atoms with Crippen LogP contribution in [0.5, 0.6) is 0 Å². The Balaban J connectivity index is 0.741. The van der Waals surface area contributed by atoms with Gasteiger partial charge in [0.25, 0.3) is 5.56 Å². The molecule has 11 rings (SSSR count). The number of esters is 1. The first-order chi connectivity index (χ1) is 36.6. The predicted molar refractivity (Wildman–Crippen MR) is 284 cm³/mol. The highest BCUT2D eigenvalue weighted by Crippen LogP contribution is 2.47. The molecule has 0 spiro atoms. The zero-order chi connectivity index (χ0) is 53.2. The van der Waals surface area contributed by atoms with Crippen molar-refractivity contribution in [2.75, 3.05) is 49.6 Å². The van der Waals surface area contributed by atoms with Crippen LogP contribution in [0.1, 0.15) is 90.4 Å². The Morgan fingerprint density at radius 2 is 1.76 bits per heavy atom. The normalized spacial score (nSPS) is 17.9. The van der Waals surface area contributed by atoms with E-state index in [0.29, 0.717) is 93.8 Å². The summed E-state index contributed by atoms with van der Waals surface area (Å²) in [5.74, 6) is -1.09. The summed E-state index contributed by atoms with van der Waals surface area (Å²) in [6.45, 7) is 7.05. The predicted octanol–water partition coefficient (Wildman–Crippen LogP) is 7.29. The van der Waals surface area contributed by atoms with Crippen molar-refractivity contribution in [3.05, 3.63) is 121 Å². The highest BCUT2D eigenvalue weighted by atomic mass is 35.5. The van der Waals surface area contributed by atoms with Crippen LogP contribution in [0.4, 0.5) is 20.3 Å². The van der Waals surface area contributed by atoms with Crippen molar-refractivity contribution in [3.8, 4) is 33.9 Å². The first-order valence-electron chi connectivity index (χ1n) is 25.8. The lowest BCUT2D eigenvalue weighted by Crippen LogP contribution is -2.44. The Kier molecular flexibility index (Phi) is 13.6. The third kappa shape index (κ3) is 9.21. The standard InChI is InChI=1S/C56H57ClF2N10O7/c1-4-56(74)38-23-44-50-36(26-69(44)54(72)37(38)27-76-55(56)73)48-41(8-6-34-29(3)39(59)24-43(65-50)47(34)48)64-46(71)12-18-75-17-11-45(70)61-13-14-62-52-49(53-66-40-7-5-31(57)22-42(40)67-53)51(68-15-9-33(60)10-16-68)35(25-63-52)30-19-28(2)20-32(58)21-30/h5,7,19-25,33,41,74H,4,6,8-18,26-27,60H2,1-3H3,(H,61,70)(H,62,63)(H,64,71)(H,66,67)/t41-,56-/m0/s1. The van der Waals surface area contributed by atoms with E-state index in [0.717, 1.165) is 51.7 Å². The number of hydrogen-bond acceptors (Lipinski definition) is 13. The number of aromatic amines is 1. The second kappa shape index (κ2) is 20.3. The number of aryl methyl sites for hydroxylation is 2. The molecule has 1 saturated heterocycles. The molecule has 17 nitrogen and oxygen atoms in total. The van der Waals surface area contributed by atoms with E-state index in [1.165, 1.54) is 22.8 Å². The molecular weight excluding hydrogens is 998 g/mol. The number of cyclic esters (lactones) is 1. The Bertz CT molecular complexity index is 3580. The lowest BCUT2D eigenvalue weighted by Gasteiger charge is -2.35. The second-order valence-electron chi connectivity index (χ2n) is 20.2. The van der Waals surface area contributed by atoms with Crippen molar-refractivity contribution in [1.29, 1.82) is 0 Å². The number of aliphatic hydroxyl groups is 1. The number of fused-ring (bicyclic) bond motifs is 6. The zero-order valence-corrected chi connectivity index (χ0v) is 43.1. The molecule has 394 valence electrons. The molecular formula is C56H57ClF2N10O7. The molecule has 4 aromatic heterocycles. The van der Waals surface area contributed by atoms with E-state index in [1.54, 1.807) is 32.2 Å². The number of anilines is 2. The average Bonchev–Trinajstić information content (AvgIpc) is 4.03. The number of benzene rings is 3. The van der Waals surface area contributed by atoms with Crippen LogP contribution in [0, 0.1) is 25.5 Å². The second-order valence-corrected chi connectivity index (χ2v) is 20.6. The lowest BCUT2D eigenvalue weighted by molar-refractivity contribution is -0.172. The van der Waals surface area contributed by atoms with E-state index >= 15 is 4.39 Å². The first kappa shape index (κ1) is 50.8.